The number of aliphatic hydroxyl groups excluding tert-OH is 1. The van der Waals surface area contributed by atoms with Crippen LogP contribution in [0.5, 0.6) is 5.75 Å². The molecule has 1 aliphatic carbocycles. The molecule has 0 amide bonds. The van der Waals surface area contributed by atoms with E-state index in [9.17, 15) is 9.90 Å². The van der Waals surface area contributed by atoms with Crippen LogP contribution in [0.4, 0.5) is 0 Å². The van der Waals surface area contributed by atoms with E-state index < -0.39 is 17.3 Å². The summed E-state index contributed by atoms with van der Waals surface area (Å²) in [6, 6.07) is 9.66. The van der Waals surface area contributed by atoms with Crippen molar-refractivity contribution < 1.29 is 43.4 Å². The number of unbranched alkanes of at least 4 members (excludes halogenated alkanes) is 1. The summed E-state index contributed by atoms with van der Waals surface area (Å²) in [6.45, 7) is 3.70. The van der Waals surface area contributed by atoms with Crippen LogP contribution in [0.2, 0.25) is 0 Å². The third-order valence-corrected chi connectivity index (χ3v) is 9.23. The highest BCUT2D eigenvalue weighted by Crippen LogP contribution is 2.37. The lowest BCUT2D eigenvalue weighted by Gasteiger charge is -2.32. The van der Waals surface area contributed by atoms with E-state index in [0.717, 1.165) is 69.3 Å². The van der Waals surface area contributed by atoms with E-state index in [4.69, 9.17) is 33.5 Å². The monoisotopic (exact) mass is 596 g/mol. The zero-order valence-electron chi connectivity index (χ0n) is 24.3. The van der Waals surface area contributed by atoms with E-state index in [0.29, 0.717) is 26.2 Å². The summed E-state index contributed by atoms with van der Waals surface area (Å²) in [7, 11) is 0. The van der Waals surface area contributed by atoms with Crippen LogP contribution < -0.4 is 4.74 Å². The van der Waals surface area contributed by atoms with E-state index in [1.807, 2.05) is 30.3 Å². The maximum absolute atomic E-state index is 11.1. The van der Waals surface area contributed by atoms with Crippen molar-refractivity contribution in [3.63, 3.8) is 0 Å². The highest BCUT2D eigenvalue weighted by molar-refractivity contribution is 8.00. The Morgan fingerprint density at radius 1 is 1.02 bits per heavy atom. The Labute approximate surface area is 248 Å². The Balaban J connectivity index is 1.37. The van der Waals surface area contributed by atoms with Crippen LogP contribution >= 0.6 is 11.8 Å². The molecule has 2 heterocycles. The fourth-order valence-corrected chi connectivity index (χ4v) is 6.54. The third-order valence-electron chi connectivity index (χ3n) is 8.00. The Morgan fingerprint density at radius 3 is 2.44 bits per heavy atom. The summed E-state index contributed by atoms with van der Waals surface area (Å²) in [5, 5.41) is 19.8. The van der Waals surface area contributed by atoms with Crippen molar-refractivity contribution in [2.45, 2.75) is 113 Å². The van der Waals surface area contributed by atoms with Gasteiger partial charge in [-0.1, -0.05) is 24.6 Å². The smallest absolute Gasteiger partial charge is 0.316 e. The van der Waals surface area contributed by atoms with Crippen molar-refractivity contribution in [2.75, 3.05) is 32.2 Å². The summed E-state index contributed by atoms with van der Waals surface area (Å²) in [4.78, 5) is 11.1. The number of carbonyl (C=O) groups is 1. The maximum atomic E-state index is 11.1. The van der Waals surface area contributed by atoms with E-state index >= 15 is 0 Å². The number of para-hydroxylation sites is 1. The number of thioether (sulfide) groups is 1. The van der Waals surface area contributed by atoms with Crippen molar-refractivity contribution >= 4 is 17.7 Å². The van der Waals surface area contributed by atoms with Gasteiger partial charge in [0.05, 0.1) is 30.2 Å². The zero-order chi connectivity index (χ0) is 28.9. The van der Waals surface area contributed by atoms with Crippen molar-refractivity contribution in [3.05, 3.63) is 30.3 Å². The quantitative estimate of drug-likeness (QED) is 0.237. The van der Waals surface area contributed by atoms with Gasteiger partial charge in [0.1, 0.15) is 18.5 Å². The van der Waals surface area contributed by atoms with E-state index in [2.05, 4.69) is 0 Å². The Bertz CT molecular complexity index is 862. The van der Waals surface area contributed by atoms with Gasteiger partial charge in [0, 0.05) is 25.6 Å². The van der Waals surface area contributed by atoms with Gasteiger partial charge in [-0.3, -0.25) is 4.79 Å². The van der Waals surface area contributed by atoms with Gasteiger partial charge < -0.3 is 38.6 Å². The number of rotatable bonds is 17. The summed E-state index contributed by atoms with van der Waals surface area (Å²) in [6.07, 6.45) is 6.89. The number of carboxylic acid groups (broad SMARTS) is 1. The van der Waals surface area contributed by atoms with Crippen LogP contribution in [-0.4, -0.2) is 90.6 Å². The minimum absolute atomic E-state index is 0.0906. The first-order valence-corrected chi connectivity index (χ1v) is 16.4. The first-order chi connectivity index (χ1) is 20.0. The number of aliphatic hydroxyl groups is 1. The Hall–Kier alpha value is -1.40. The van der Waals surface area contributed by atoms with Crippen molar-refractivity contribution in [1.82, 2.24) is 0 Å². The van der Waals surface area contributed by atoms with Crippen LogP contribution in [0.1, 0.15) is 71.1 Å². The van der Waals surface area contributed by atoms with E-state index in [1.54, 1.807) is 6.92 Å². The van der Waals surface area contributed by atoms with Gasteiger partial charge >= 0.3 is 5.97 Å². The van der Waals surface area contributed by atoms with Crippen molar-refractivity contribution in [2.24, 2.45) is 5.92 Å². The fourth-order valence-electron chi connectivity index (χ4n) is 5.67. The molecule has 0 spiro atoms. The molecule has 10 heteroatoms. The topological polar surface area (TPSA) is 113 Å². The molecule has 9 nitrogen and oxygen atoms in total. The number of carboxylic acids is 1. The highest BCUT2D eigenvalue weighted by atomic mass is 32.2. The van der Waals surface area contributed by atoms with Crippen LogP contribution in [-0.2, 0) is 28.5 Å². The molecule has 0 aromatic heterocycles. The third kappa shape index (κ3) is 11.0. The molecule has 3 fully saturated rings. The first kappa shape index (κ1) is 32.5. The molecule has 2 N–H and O–H groups in total. The average Bonchev–Trinajstić information content (AvgIpc) is 3.28. The summed E-state index contributed by atoms with van der Waals surface area (Å²) < 4.78 is 37.0. The number of benzene rings is 1. The Kier molecular flexibility index (Phi) is 14.0. The molecule has 8 atom stereocenters. The van der Waals surface area contributed by atoms with Gasteiger partial charge in [-0.15, -0.1) is 11.8 Å². The lowest BCUT2D eigenvalue weighted by Crippen LogP contribution is -2.40. The molecule has 2 aliphatic heterocycles. The summed E-state index contributed by atoms with van der Waals surface area (Å²) in [5.41, 5.74) is 0. The molecule has 41 heavy (non-hydrogen) atoms. The standard InChI is InChI=1S/C31H48O9S/c1-22(31(33)34)41-18-10-7-13-25-26(32)19-27(40-29-15-6-9-17-36-29)30(25)38-21-24(39-28-14-5-8-16-35-28)20-37-23-11-3-2-4-12-23/h2-4,11-12,22,24-30,32H,5-10,13-21H2,1H3,(H,33,34). The number of hydrogen-bond donors (Lipinski definition) is 2. The maximum Gasteiger partial charge on any atom is 0.316 e. The second-order valence-electron chi connectivity index (χ2n) is 11.3. The van der Waals surface area contributed by atoms with Crippen LogP contribution in [0.15, 0.2) is 30.3 Å². The number of hydrogen-bond acceptors (Lipinski definition) is 9. The zero-order valence-corrected chi connectivity index (χ0v) is 25.1. The molecule has 1 aromatic carbocycles. The van der Waals surface area contributed by atoms with E-state index in [1.165, 1.54) is 11.8 Å². The Morgan fingerprint density at radius 2 is 1.76 bits per heavy atom. The molecular formula is C31H48O9S. The van der Waals surface area contributed by atoms with Gasteiger partial charge in [-0.25, -0.2) is 0 Å². The van der Waals surface area contributed by atoms with Crippen molar-refractivity contribution in [1.29, 1.82) is 0 Å². The van der Waals surface area contributed by atoms with Crippen LogP contribution in [0.25, 0.3) is 0 Å². The van der Waals surface area contributed by atoms with Gasteiger partial charge in [0.15, 0.2) is 12.6 Å². The van der Waals surface area contributed by atoms with Crippen LogP contribution in [0, 0.1) is 5.92 Å². The molecule has 232 valence electrons. The fraction of sp³-hybridized carbons (Fsp3) is 0.774. The molecule has 0 bridgehead atoms. The second kappa shape index (κ2) is 17.7. The molecule has 1 aromatic rings. The van der Waals surface area contributed by atoms with Gasteiger partial charge in [0.25, 0.3) is 0 Å². The molecule has 8 unspecified atom stereocenters. The molecule has 4 rings (SSSR count). The van der Waals surface area contributed by atoms with E-state index in [-0.39, 0.29) is 43.4 Å². The largest absolute Gasteiger partial charge is 0.491 e. The number of aliphatic carboxylic acids is 1. The van der Waals surface area contributed by atoms with Crippen molar-refractivity contribution in [3.8, 4) is 5.75 Å². The SMILES string of the molecule is CC(SCCCCC1C(O)CC(OC2CCCCO2)C1OCC(COc1ccccc1)OC1CCCCO1)C(=O)O. The minimum Gasteiger partial charge on any atom is -0.491 e. The van der Waals surface area contributed by atoms with Gasteiger partial charge in [0.2, 0.25) is 0 Å². The molecule has 2 saturated heterocycles. The average molecular weight is 597 g/mol. The lowest BCUT2D eigenvalue weighted by atomic mass is 9.96. The predicted octanol–water partition coefficient (Wildman–Crippen LogP) is 5.03. The van der Waals surface area contributed by atoms with Gasteiger partial charge in [-0.2, -0.15) is 0 Å². The molecule has 3 aliphatic rings. The number of ether oxygens (including phenoxy) is 6. The second-order valence-corrected chi connectivity index (χ2v) is 12.7. The summed E-state index contributed by atoms with van der Waals surface area (Å²) >= 11 is 1.45. The normalized spacial score (nSPS) is 30.1. The lowest BCUT2D eigenvalue weighted by molar-refractivity contribution is -0.226. The highest BCUT2D eigenvalue weighted by Gasteiger charge is 2.45. The first-order valence-electron chi connectivity index (χ1n) is 15.4. The molecule has 0 radical (unpaired) electrons. The molecular weight excluding hydrogens is 548 g/mol. The minimum atomic E-state index is -0.786. The molecule has 1 saturated carbocycles. The van der Waals surface area contributed by atoms with Crippen LogP contribution in [0.3, 0.4) is 0 Å². The predicted molar refractivity (Wildman–Crippen MR) is 156 cm³/mol. The summed E-state index contributed by atoms with van der Waals surface area (Å²) in [5.74, 6) is 0.662. The van der Waals surface area contributed by atoms with Gasteiger partial charge in [-0.05, 0) is 76.2 Å².